The highest BCUT2D eigenvalue weighted by atomic mass is 35.5. The molecule has 0 bridgehead atoms. The third kappa shape index (κ3) is 3.37. The van der Waals surface area contributed by atoms with Crippen molar-refractivity contribution in [2.24, 2.45) is 0 Å². The quantitative estimate of drug-likeness (QED) is 0.723. The van der Waals surface area contributed by atoms with Gasteiger partial charge in [-0.2, -0.15) is 4.98 Å². The van der Waals surface area contributed by atoms with Crippen LogP contribution in [0, 0.1) is 6.92 Å². The van der Waals surface area contributed by atoms with Crippen molar-refractivity contribution in [3.05, 3.63) is 40.9 Å². The zero-order valence-electron chi connectivity index (χ0n) is 11.0. The summed E-state index contributed by atoms with van der Waals surface area (Å²) in [5.74, 6) is 1.71. The number of thiazole rings is 1. The number of halogens is 1. The predicted octanol–water partition coefficient (Wildman–Crippen LogP) is 4.03. The zero-order valence-corrected chi connectivity index (χ0v) is 13.4. The van der Waals surface area contributed by atoms with Gasteiger partial charge < -0.3 is 10.3 Å². The lowest BCUT2D eigenvalue weighted by Gasteiger charge is -1.94. The third-order valence-electron chi connectivity index (χ3n) is 2.67. The predicted molar refractivity (Wildman–Crippen MR) is 85.6 cm³/mol. The molecule has 0 radical (unpaired) electrons. The summed E-state index contributed by atoms with van der Waals surface area (Å²) in [4.78, 5) is 8.55. The molecule has 1 aromatic carbocycles. The minimum Gasteiger partial charge on any atom is -0.375 e. The van der Waals surface area contributed by atoms with E-state index in [9.17, 15) is 0 Å². The number of hydrogen-bond acceptors (Lipinski definition) is 7. The molecular formula is C13H11ClN4OS2. The molecule has 0 saturated heterocycles. The van der Waals surface area contributed by atoms with E-state index in [1.165, 1.54) is 11.3 Å². The van der Waals surface area contributed by atoms with Gasteiger partial charge in [-0.3, -0.25) is 0 Å². The van der Waals surface area contributed by atoms with E-state index in [2.05, 4.69) is 15.1 Å². The minimum absolute atomic E-state index is 0.558. The van der Waals surface area contributed by atoms with Crippen LogP contribution in [0.4, 0.5) is 5.13 Å². The van der Waals surface area contributed by atoms with Gasteiger partial charge in [-0.05, 0) is 31.2 Å². The molecule has 0 amide bonds. The number of rotatable bonds is 4. The number of thioether (sulfide) groups is 1. The highest BCUT2D eigenvalue weighted by Gasteiger charge is 2.11. The number of benzene rings is 1. The summed E-state index contributed by atoms with van der Waals surface area (Å²) < 4.78 is 6.32. The van der Waals surface area contributed by atoms with Gasteiger partial charge in [0.1, 0.15) is 0 Å². The van der Waals surface area contributed by atoms with Crippen LogP contribution in [0.3, 0.4) is 0 Å². The summed E-state index contributed by atoms with van der Waals surface area (Å²) in [5, 5.41) is 5.23. The maximum atomic E-state index is 5.86. The van der Waals surface area contributed by atoms with Gasteiger partial charge in [0.2, 0.25) is 11.7 Å². The molecule has 21 heavy (non-hydrogen) atoms. The summed E-state index contributed by atoms with van der Waals surface area (Å²) in [6, 6.07) is 7.31. The van der Waals surface area contributed by atoms with Crippen molar-refractivity contribution in [1.82, 2.24) is 15.1 Å². The van der Waals surface area contributed by atoms with Crippen molar-refractivity contribution in [1.29, 1.82) is 0 Å². The van der Waals surface area contributed by atoms with E-state index in [1.807, 2.05) is 19.1 Å². The largest absolute Gasteiger partial charge is 0.375 e. The van der Waals surface area contributed by atoms with E-state index in [4.69, 9.17) is 21.9 Å². The molecule has 0 aliphatic heterocycles. The van der Waals surface area contributed by atoms with Gasteiger partial charge in [0.05, 0.1) is 15.7 Å². The van der Waals surface area contributed by atoms with E-state index < -0.39 is 0 Å². The lowest BCUT2D eigenvalue weighted by Crippen LogP contribution is -1.83. The van der Waals surface area contributed by atoms with Crippen LogP contribution >= 0.6 is 34.7 Å². The molecule has 0 atom stereocenters. The summed E-state index contributed by atoms with van der Waals surface area (Å²) in [7, 11) is 0. The van der Waals surface area contributed by atoms with Gasteiger partial charge in [-0.25, -0.2) is 4.98 Å². The third-order valence-corrected chi connectivity index (χ3v) is 5.25. The molecule has 2 aromatic heterocycles. The molecular weight excluding hydrogens is 328 g/mol. The number of hydrogen-bond donors (Lipinski definition) is 1. The van der Waals surface area contributed by atoms with Crippen LogP contribution in [0.5, 0.6) is 0 Å². The molecule has 0 saturated carbocycles. The molecule has 108 valence electrons. The van der Waals surface area contributed by atoms with Crippen molar-refractivity contribution < 1.29 is 4.52 Å². The fourth-order valence-corrected chi connectivity index (χ4v) is 3.68. The molecule has 0 aliphatic rings. The zero-order chi connectivity index (χ0) is 14.8. The minimum atomic E-state index is 0.558. The summed E-state index contributed by atoms with van der Waals surface area (Å²) in [6.45, 7) is 1.93. The summed E-state index contributed by atoms with van der Waals surface area (Å²) >= 11 is 8.91. The molecule has 3 aromatic rings. The van der Waals surface area contributed by atoms with E-state index >= 15 is 0 Å². The van der Waals surface area contributed by atoms with Crippen molar-refractivity contribution in [3.63, 3.8) is 0 Å². The Morgan fingerprint density at radius 1 is 1.29 bits per heavy atom. The maximum absolute atomic E-state index is 5.86. The second-order valence-corrected chi connectivity index (χ2v) is 6.94. The van der Waals surface area contributed by atoms with Crippen LogP contribution in [0.15, 0.2) is 33.0 Å². The second kappa shape index (κ2) is 6.05. The van der Waals surface area contributed by atoms with Crippen LogP contribution in [-0.2, 0) is 5.75 Å². The molecule has 2 N–H and O–H groups in total. The number of aryl methyl sites for hydroxylation is 1. The maximum Gasteiger partial charge on any atom is 0.237 e. The topological polar surface area (TPSA) is 77.8 Å². The fraction of sp³-hybridized carbons (Fsp3) is 0.154. The summed E-state index contributed by atoms with van der Waals surface area (Å²) in [6.07, 6.45) is 0. The Morgan fingerprint density at radius 3 is 2.71 bits per heavy atom. The highest BCUT2D eigenvalue weighted by molar-refractivity contribution is 8.00. The summed E-state index contributed by atoms with van der Waals surface area (Å²) in [5.41, 5.74) is 7.48. The first-order chi connectivity index (χ1) is 10.1. The van der Waals surface area contributed by atoms with Gasteiger partial charge in [-0.15, -0.1) is 11.8 Å². The molecule has 5 nitrogen and oxygen atoms in total. The lowest BCUT2D eigenvalue weighted by molar-refractivity contribution is 0.391. The fourth-order valence-electron chi connectivity index (χ4n) is 1.69. The normalized spacial score (nSPS) is 11.0. The number of aromatic nitrogens is 3. The molecule has 0 spiro atoms. The second-order valence-electron chi connectivity index (χ2n) is 4.23. The smallest absolute Gasteiger partial charge is 0.237 e. The average molecular weight is 339 g/mol. The van der Waals surface area contributed by atoms with Crippen molar-refractivity contribution in [2.75, 3.05) is 5.73 Å². The van der Waals surface area contributed by atoms with Gasteiger partial charge in [0.25, 0.3) is 0 Å². The Labute approximate surface area is 134 Å². The molecule has 0 fully saturated rings. The van der Waals surface area contributed by atoms with E-state index in [0.29, 0.717) is 27.6 Å². The number of nitrogens with two attached hydrogens (primary N) is 1. The lowest BCUT2D eigenvalue weighted by atomic mass is 10.2. The van der Waals surface area contributed by atoms with Gasteiger partial charge >= 0.3 is 0 Å². The van der Waals surface area contributed by atoms with Crippen molar-refractivity contribution >= 4 is 39.8 Å². The van der Waals surface area contributed by atoms with Crippen LogP contribution in [0.2, 0.25) is 5.02 Å². The van der Waals surface area contributed by atoms with E-state index in [1.54, 1.807) is 23.9 Å². The first kappa shape index (κ1) is 14.4. The van der Waals surface area contributed by atoms with Gasteiger partial charge in [0, 0.05) is 10.6 Å². The first-order valence-electron chi connectivity index (χ1n) is 6.06. The molecule has 0 aliphatic carbocycles. The standard InChI is InChI=1S/C13H11ClN4OS2/c1-7-12(21-13(15)16-7)20-6-10-17-11(18-19-10)8-2-4-9(14)5-3-8/h2-5H,6H2,1H3,(H2,15,16). The molecule has 3 rings (SSSR count). The van der Waals surface area contributed by atoms with E-state index in [-0.39, 0.29) is 0 Å². The van der Waals surface area contributed by atoms with Crippen molar-refractivity contribution in [2.45, 2.75) is 16.9 Å². The van der Waals surface area contributed by atoms with Crippen LogP contribution < -0.4 is 5.73 Å². The Hall–Kier alpha value is -1.57. The monoisotopic (exact) mass is 338 g/mol. The molecule has 0 unspecified atom stereocenters. The molecule has 2 heterocycles. The number of nitrogen functional groups attached to an aromatic ring is 1. The highest BCUT2D eigenvalue weighted by Crippen LogP contribution is 2.32. The Morgan fingerprint density at radius 2 is 2.05 bits per heavy atom. The average Bonchev–Trinajstić information content (AvgIpc) is 3.04. The van der Waals surface area contributed by atoms with E-state index in [0.717, 1.165) is 15.5 Å². The van der Waals surface area contributed by atoms with Crippen LogP contribution in [0.25, 0.3) is 11.4 Å². The Balaban J connectivity index is 1.70. The SMILES string of the molecule is Cc1nc(N)sc1SCc1nc(-c2ccc(Cl)cc2)no1. The number of anilines is 1. The Bertz CT molecular complexity index is 754. The number of nitrogens with zero attached hydrogens (tertiary/aromatic N) is 3. The van der Waals surface area contributed by atoms with Gasteiger partial charge in [-0.1, -0.05) is 28.1 Å². The van der Waals surface area contributed by atoms with Gasteiger partial charge in [0.15, 0.2) is 5.13 Å². The molecule has 8 heteroatoms. The van der Waals surface area contributed by atoms with Crippen molar-refractivity contribution in [3.8, 4) is 11.4 Å². The first-order valence-corrected chi connectivity index (χ1v) is 8.24. The Kier molecular flexibility index (Phi) is 4.14. The van der Waals surface area contributed by atoms with Crippen LogP contribution in [-0.4, -0.2) is 15.1 Å². The van der Waals surface area contributed by atoms with Crippen LogP contribution in [0.1, 0.15) is 11.6 Å².